The Labute approximate surface area is 113 Å². The van der Waals surface area contributed by atoms with Crippen molar-refractivity contribution in [1.82, 2.24) is 20.2 Å². The number of benzene rings is 1. The Bertz CT molecular complexity index is 835. The summed E-state index contributed by atoms with van der Waals surface area (Å²) >= 11 is 0. The molecule has 1 aromatic carbocycles. The van der Waals surface area contributed by atoms with Crippen LogP contribution in [0.4, 0.5) is 4.39 Å². The molecule has 0 spiro atoms. The molecule has 0 saturated carbocycles. The second-order valence-corrected chi connectivity index (χ2v) is 4.88. The Morgan fingerprint density at radius 2 is 1.95 bits per heavy atom. The van der Waals surface area contributed by atoms with Crippen LogP contribution >= 0.6 is 0 Å². The van der Waals surface area contributed by atoms with Crippen molar-refractivity contribution in [2.45, 2.75) is 19.8 Å². The predicted molar refractivity (Wildman–Crippen MR) is 74.0 cm³/mol. The standard InChI is InChI=1S/C14H13FN4O/c1-7(2)10-11-12(19-18-10)14(20)17-13(16-11)8-5-3-4-6-9(8)15/h3-7H,1-2H3,(H,18,19)(H,16,17,20). The lowest BCUT2D eigenvalue weighted by Gasteiger charge is -2.04. The zero-order chi connectivity index (χ0) is 14.3. The summed E-state index contributed by atoms with van der Waals surface area (Å²) in [6, 6.07) is 6.20. The highest BCUT2D eigenvalue weighted by Crippen LogP contribution is 2.23. The van der Waals surface area contributed by atoms with Gasteiger partial charge in [-0.2, -0.15) is 5.10 Å². The molecule has 3 aromatic rings. The van der Waals surface area contributed by atoms with Crippen molar-refractivity contribution in [3.05, 3.63) is 46.1 Å². The van der Waals surface area contributed by atoms with Gasteiger partial charge in [0.2, 0.25) is 0 Å². The zero-order valence-corrected chi connectivity index (χ0v) is 11.1. The second-order valence-electron chi connectivity index (χ2n) is 4.88. The number of H-pyrrole nitrogens is 2. The van der Waals surface area contributed by atoms with Gasteiger partial charge in [0, 0.05) is 0 Å². The fraction of sp³-hybridized carbons (Fsp3) is 0.214. The first-order valence-corrected chi connectivity index (χ1v) is 6.31. The number of nitrogens with one attached hydrogen (secondary N) is 2. The molecule has 3 rings (SSSR count). The van der Waals surface area contributed by atoms with Crippen molar-refractivity contribution in [2.24, 2.45) is 0 Å². The molecule has 0 radical (unpaired) electrons. The fourth-order valence-corrected chi connectivity index (χ4v) is 2.11. The van der Waals surface area contributed by atoms with E-state index in [1.807, 2.05) is 13.8 Å². The summed E-state index contributed by atoms with van der Waals surface area (Å²) in [6.07, 6.45) is 0. The molecule has 0 unspecified atom stereocenters. The average molecular weight is 272 g/mol. The SMILES string of the molecule is CC(C)c1[nH]nc2c(=O)[nH]c(-c3ccccc3F)nc12. The molecular weight excluding hydrogens is 259 g/mol. The van der Waals surface area contributed by atoms with Gasteiger partial charge < -0.3 is 4.98 Å². The number of hydrogen-bond donors (Lipinski definition) is 2. The molecule has 2 heterocycles. The van der Waals surface area contributed by atoms with Gasteiger partial charge in [0.05, 0.1) is 11.3 Å². The molecular formula is C14H13FN4O. The maximum Gasteiger partial charge on any atom is 0.279 e. The molecule has 0 atom stereocenters. The number of halogens is 1. The number of fused-ring (bicyclic) bond motifs is 1. The molecule has 20 heavy (non-hydrogen) atoms. The summed E-state index contributed by atoms with van der Waals surface area (Å²) in [5, 5.41) is 6.79. The van der Waals surface area contributed by atoms with Crippen LogP contribution in [0.5, 0.6) is 0 Å². The Kier molecular flexibility index (Phi) is 2.85. The summed E-state index contributed by atoms with van der Waals surface area (Å²) in [5.74, 6) is -0.0729. The van der Waals surface area contributed by atoms with Gasteiger partial charge in [0.1, 0.15) is 17.2 Å². The first-order chi connectivity index (χ1) is 9.58. The van der Waals surface area contributed by atoms with Crippen LogP contribution in [0.3, 0.4) is 0 Å². The summed E-state index contributed by atoms with van der Waals surface area (Å²) in [7, 11) is 0. The molecule has 0 saturated heterocycles. The first kappa shape index (κ1) is 12.5. The van der Waals surface area contributed by atoms with Crippen LogP contribution in [0.2, 0.25) is 0 Å². The third kappa shape index (κ3) is 1.89. The number of rotatable bonds is 2. The monoisotopic (exact) mass is 272 g/mol. The molecule has 6 heteroatoms. The molecule has 0 fully saturated rings. The van der Waals surface area contributed by atoms with Crippen molar-refractivity contribution in [2.75, 3.05) is 0 Å². The number of nitrogens with zero attached hydrogens (tertiary/aromatic N) is 2. The van der Waals surface area contributed by atoms with E-state index in [4.69, 9.17) is 0 Å². The second kappa shape index (κ2) is 4.56. The zero-order valence-electron chi connectivity index (χ0n) is 11.1. The van der Waals surface area contributed by atoms with E-state index < -0.39 is 5.82 Å². The highest BCUT2D eigenvalue weighted by atomic mass is 19.1. The van der Waals surface area contributed by atoms with Crippen LogP contribution in [0.25, 0.3) is 22.4 Å². The van der Waals surface area contributed by atoms with Gasteiger partial charge in [0.15, 0.2) is 5.52 Å². The summed E-state index contributed by atoms with van der Waals surface area (Å²) < 4.78 is 13.8. The summed E-state index contributed by atoms with van der Waals surface area (Å²) in [5.41, 5.74) is 1.39. The maximum atomic E-state index is 13.8. The summed E-state index contributed by atoms with van der Waals surface area (Å²) in [4.78, 5) is 18.9. The van der Waals surface area contributed by atoms with Gasteiger partial charge >= 0.3 is 0 Å². The van der Waals surface area contributed by atoms with Crippen LogP contribution in [0, 0.1) is 5.82 Å². The van der Waals surface area contributed by atoms with Gasteiger partial charge in [0.25, 0.3) is 5.56 Å². The Morgan fingerprint density at radius 1 is 1.20 bits per heavy atom. The molecule has 5 nitrogen and oxygen atoms in total. The predicted octanol–water partition coefficient (Wildman–Crippen LogP) is 2.58. The largest absolute Gasteiger partial charge is 0.304 e. The molecule has 102 valence electrons. The van der Waals surface area contributed by atoms with Gasteiger partial charge in [-0.15, -0.1) is 0 Å². The molecule has 0 bridgehead atoms. The minimum Gasteiger partial charge on any atom is -0.304 e. The van der Waals surface area contributed by atoms with E-state index in [9.17, 15) is 9.18 Å². The lowest BCUT2D eigenvalue weighted by Crippen LogP contribution is -2.10. The summed E-state index contributed by atoms with van der Waals surface area (Å²) in [6.45, 7) is 3.94. The number of aromatic nitrogens is 4. The van der Waals surface area contributed by atoms with E-state index in [2.05, 4.69) is 20.2 Å². The highest BCUT2D eigenvalue weighted by Gasteiger charge is 2.16. The van der Waals surface area contributed by atoms with Crippen LogP contribution in [0.1, 0.15) is 25.5 Å². The van der Waals surface area contributed by atoms with E-state index in [1.54, 1.807) is 18.2 Å². The topological polar surface area (TPSA) is 74.4 Å². The quantitative estimate of drug-likeness (QED) is 0.753. The van der Waals surface area contributed by atoms with Gasteiger partial charge in [-0.05, 0) is 18.1 Å². The lowest BCUT2D eigenvalue weighted by atomic mass is 10.1. The van der Waals surface area contributed by atoms with E-state index in [0.717, 1.165) is 5.69 Å². The van der Waals surface area contributed by atoms with E-state index in [1.165, 1.54) is 6.07 Å². The van der Waals surface area contributed by atoms with Crippen molar-refractivity contribution < 1.29 is 4.39 Å². The van der Waals surface area contributed by atoms with Crippen LogP contribution in [-0.4, -0.2) is 20.2 Å². The Hall–Kier alpha value is -2.50. The highest BCUT2D eigenvalue weighted by molar-refractivity contribution is 5.78. The van der Waals surface area contributed by atoms with E-state index in [0.29, 0.717) is 5.52 Å². The van der Waals surface area contributed by atoms with E-state index in [-0.39, 0.29) is 28.4 Å². The average Bonchev–Trinajstić information content (AvgIpc) is 2.83. The molecule has 0 aliphatic carbocycles. The van der Waals surface area contributed by atoms with Crippen molar-refractivity contribution in [3.8, 4) is 11.4 Å². The molecule has 2 N–H and O–H groups in total. The minimum absolute atomic E-state index is 0.141. The first-order valence-electron chi connectivity index (χ1n) is 6.31. The molecule has 2 aromatic heterocycles. The van der Waals surface area contributed by atoms with Crippen LogP contribution < -0.4 is 5.56 Å². The maximum absolute atomic E-state index is 13.8. The fourth-order valence-electron chi connectivity index (χ4n) is 2.11. The van der Waals surface area contributed by atoms with Crippen molar-refractivity contribution in [1.29, 1.82) is 0 Å². The van der Waals surface area contributed by atoms with Gasteiger partial charge in [-0.1, -0.05) is 26.0 Å². The third-order valence-electron chi connectivity index (χ3n) is 3.14. The minimum atomic E-state index is -0.426. The van der Waals surface area contributed by atoms with Crippen molar-refractivity contribution in [3.63, 3.8) is 0 Å². The smallest absolute Gasteiger partial charge is 0.279 e. The van der Waals surface area contributed by atoms with Gasteiger partial charge in [-0.25, -0.2) is 9.37 Å². The molecule has 0 aliphatic heterocycles. The Balaban J connectivity index is 2.31. The normalized spacial score (nSPS) is 11.4. The van der Waals surface area contributed by atoms with E-state index >= 15 is 0 Å². The van der Waals surface area contributed by atoms with Crippen LogP contribution in [-0.2, 0) is 0 Å². The lowest BCUT2D eigenvalue weighted by molar-refractivity contribution is 0.630. The molecule has 0 aliphatic rings. The number of hydrogen-bond acceptors (Lipinski definition) is 3. The van der Waals surface area contributed by atoms with Crippen molar-refractivity contribution >= 4 is 11.0 Å². The van der Waals surface area contributed by atoms with Crippen LogP contribution in [0.15, 0.2) is 29.1 Å². The molecule has 0 amide bonds. The van der Waals surface area contributed by atoms with Gasteiger partial charge in [-0.3, -0.25) is 9.89 Å². The number of aromatic amines is 2. The Morgan fingerprint density at radius 3 is 2.65 bits per heavy atom. The third-order valence-corrected chi connectivity index (χ3v) is 3.14.